The first-order valence-electron chi connectivity index (χ1n) is 6.07. The predicted octanol–water partition coefficient (Wildman–Crippen LogP) is 3.08. The number of ether oxygens (including phenoxy) is 1. The highest BCUT2D eigenvalue weighted by molar-refractivity contribution is 14.1. The lowest BCUT2D eigenvalue weighted by molar-refractivity contribution is -0.142. The minimum Gasteiger partial charge on any atom is -0.465 e. The van der Waals surface area contributed by atoms with Crippen molar-refractivity contribution < 1.29 is 18.7 Å². The predicted molar refractivity (Wildman–Crippen MR) is 86.5 cm³/mol. The molecule has 0 unspecified atom stereocenters. The molecule has 1 amide bonds. The first kappa shape index (κ1) is 15.3. The van der Waals surface area contributed by atoms with Crippen LogP contribution in [0.4, 0.5) is 5.69 Å². The maximum atomic E-state index is 11.6. The van der Waals surface area contributed by atoms with Crippen LogP contribution < -0.4 is 5.32 Å². The van der Waals surface area contributed by atoms with E-state index in [0.29, 0.717) is 11.4 Å². The SMILES string of the molecule is O=C(COC(=O)C=Cc1ccco1)Nc1ccc(I)cc1. The molecule has 1 heterocycles. The molecule has 1 aromatic heterocycles. The normalized spacial score (nSPS) is 10.5. The van der Waals surface area contributed by atoms with E-state index in [-0.39, 0.29) is 6.61 Å². The Bertz CT molecular complexity index is 632. The Morgan fingerprint density at radius 1 is 1.24 bits per heavy atom. The monoisotopic (exact) mass is 397 g/mol. The third-order valence-corrected chi connectivity index (χ3v) is 3.12. The van der Waals surface area contributed by atoms with Crippen molar-refractivity contribution in [3.8, 4) is 0 Å². The van der Waals surface area contributed by atoms with Crippen molar-refractivity contribution in [1.29, 1.82) is 0 Å². The van der Waals surface area contributed by atoms with Gasteiger partial charge in [-0.1, -0.05) is 0 Å². The number of anilines is 1. The molecule has 1 aromatic carbocycles. The van der Waals surface area contributed by atoms with Crippen molar-refractivity contribution in [2.45, 2.75) is 0 Å². The first-order valence-corrected chi connectivity index (χ1v) is 7.15. The lowest BCUT2D eigenvalue weighted by Crippen LogP contribution is -2.20. The molecule has 0 fully saturated rings. The van der Waals surface area contributed by atoms with Crippen molar-refractivity contribution in [3.63, 3.8) is 0 Å². The molecule has 0 radical (unpaired) electrons. The van der Waals surface area contributed by atoms with Gasteiger partial charge in [-0.05, 0) is 65.1 Å². The summed E-state index contributed by atoms with van der Waals surface area (Å²) in [5.74, 6) is -0.463. The van der Waals surface area contributed by atoms with Gasteiger partial charge in [-0.25, -0.2) is 4.79 Å². The zero-order valence-electron chi connectivity index (χ0n) is 10.9. The molecule has 0 spiro atoms. The lowest BCUT2D eigenvalue weighted by Gasteiger charge is -2.05. The number of hydrogen-bond acceptors (Lipinski definition) is 4. The largest absolute Gasteiger partial charge is 0.465 e. The number of nitrogens with one attached hydrogen (secondary N) is 1. The van der Waals surface area contributed by atoms with E-state index < -0.39 is 11.9 Å². The third kappa shape index (κ3) is 5.42. The van der Waals surface area contributed by atoms with Crippen LogP contribution in [0.1, 0.15) is 5.76 Å². The number of carbonyl (C=O) groups excluding carboxylic acids is 2. The van der Waals surface area contributed by atoms with Crippen LogP contribution in [0, 0.1) is 3.57 Å². The van der Waals surface area contributed by atoms with E-state index in [0.717, 1.165) is 3.57 Å². The molecule has 0 bridgehead atoms. The number of amides is 1. The highest BCUT2D eigenvalue weighted by Gasteiger charge is 2.05. The quantitative estimate of drug-likeness (QED) is 0.479. The van der Waals surface area contributed by atoms with Gasteiger partial charge in [0.25, 0.3) is 5.91 Å². The zero-order chi connectivity index (χ0) is 15.1. The maximum absolute atomic E-state index is 11.6. The summed E-state index contributed by atoms with van der Waals surface area (Å²) >= 11 is 2.17. The van der Waals surface area contributed by atoms with Gasteiger partial charge in [-0.3, -0.25) is 4.79 Å². The Morgan fingerprint density at radius 3 is 2.67 bits per heavy atom. The van der Waals surface area contributed by atoms with Crippen LogP contribution >= 0.6 is 22.6 Å². The van der Waals surface area contributed by atoms with E-state index in [1.54, 1.807) is 24.3 Å². The molecular formula is C15H12INO4. The molecule has 0 saturated heterocycles. The second kappa shape index (κ2) is 7.63. The maximum Gasteiger partial charge on any atom is 0.331 e. The average Bonchev–Trinajstić information content (AvgIpc) is 2.99. The molecule has 108 valence electrons. The Labute approximate surface area is 135 Å². The molecule has 0 aliphatic carbocycles. The second-order valence-corrected chi connectivity index (χ2v) is 5.26. The van der Waals surface area contributed by atoms with Crippen LogP contribution in [-0.4, -0.2) is 18.5 Å². The molecule has 2 rings (SSSR count). The average molecular weight is 397 g/mol. The second-order valence-electron chi connectivity index (χ2n) is 4.01. The van der Waals surface area contributed by atoms with Crippen LogP contribution in [-0.2, 0) is 14.3 Å². The van der Waals surface area contributed by atoms with Crippen molar-refractivity contribution >= 4 is 46.2 Å². The van der Waals surface area contributed by atoms with Crippen LogP contribution in [0.5, 0.6) is 0 Å². The van der Waals surface area contributed by atoms with E-state index in [1.165, 1.54) is 18.4 Å². The van der Waals surface area contributed by atoms with Crippen molar-refractivity contribution in [2.75, 3.05) is 11.9 Å². The summed E-state index contributed by atoms with van der Waals surface area (Å²) in [6, 6.07) is 10.7. The number of benzene rings is 1. The molecular weight excluding hydrogens is 385 g/mol. The number of furan rings is 1. The molecule has 21 heavy (non-hydrogen) atoms. The van der Waals surface area contributed by atoms with Gasteiger partial charge in [-0.15, -0.1) is 0 Å². The van der Waals surface area contributed by atoms with Gasteiger partial charge in [0.15, 0.2) is 6.61 Å². The van der Waals surface area contributed by atoms with Gasteiger partial charge in [0.05, 0.1) is 6.26 Å². The van der Waals surface area contributed by atoms with Gasteiger partial charge in [0.1, 0.15) is 5.76 Å². The minimum atomic E-state index is -0.607. The fourth-order valence-corrected chi connectivity index (χ4v) is 1.81. The van der Waals surface area contributed by atoms with E-state index in [9.17, 15) is 9.59 Å². The summed E-state index contributed by atoms with van der Waals surface area (Å²) in [6.45, 7) is -0.340. The highest BCUT2D eigenvalue weighted by atomic mass is 127. The zero-order valence-corrected chi connectivity index (χ0v) is 13.1. The van der Waals surface area contributed by atoms with Gasteiger partial charge in [0, 0.05) is 15.3 Å². The molecule has 1 N–H and O–H groups in total. The summed E-state index contributed by atoms with van der Waals surface area (Å²) in [5, 5.41) is 2.63. The summed E-state index contributed by atoms with van der Waals surface area (Å²) in [7, 11) is 0. The first-order chi connectivity index (χ1) is 10.1. The number of halogens is 1. The topological polar surface area (TPSA) is 68.5 Å². The molecule has 0 saturated carbocycles. The van der Waals surface area contributed by atoms with Crippen molar-refractivity contribution in [3.05, 3.63) is 58.1 Å². The van der Waals surface area contributed by atoms with E-state index >= 15 is 0 Å². The van der Waals surface area contributed by atoms with E-state index in [1.807, 2.05) is 12.1 Å². The summed E-state index contributed by atoms with van der Waals surface area (Å²) in [4.78, 5) is 23.0. The van der Waals surface area contributed by atoms with Crippen LogP contribution in [0.3, 0.4) is 0 Å². The number of esters is 1. The molecule has 5 nitrogen and oxygen atoms in total. The Morgan fingerprint density at radius 2 is 2.00 bits per heavy atom. The summed E-state index contributed by atoms with van der Waals surface area (Å²) < 4.78 is 10.9. The van der Waals surface area contributed by atoms with Crippen molar-refractivity contribution in [2.24, 2.45) is 0 Å². The number of carbonyl (C=O) groups is 2. The van der Waals surface area contributed by atoms with Crippen LogP contribution in [0.2, 0.25) is 0 Å². The number of hydrogen-bond donors (Lipinski definition) is 1. The van der Waals surface area contributed by atoms with Gasteiger partial charge in [-0.2, -0.15) is 0 Å². The highest BCUT2D eigenvalue weighted by Crippen LogP contribution is 2.10. The van der Waals surface area contributed by atoms with Gasteiger partial charge in [0.2, 0.25) is 0 Å². The molecule has 0 aliphatic rings. The van der Waals surface area contributed by atoms with E-state index in [4.69, 9.17) is 9.15 Å². The molecule has 0 aliphatic heterocycles. The third-order valence-electron chi connectivity index (χ3n) is 2.40. The van der Waals surface area contributed by atoms with Gasteiger partial charge < -0.3 is 14.5 Å². The van der Waals surface area contributed by atoms with Gasteiger partial charge >= 0.3 is 5.97 Å². The Balaban J connectivity index is 1.75. The fourth-order valence-electron chi connectivity index (χ4n) is 1.45. The number of rotatable bonds is 5. The van der Waals surface area contributed by atoms with Crippen molar-refractivity contribution in [1.82, 2.24) is 0 Å². The van der Waals surface area contributed by atoms with E-state index in [2.05, 4.69) is 27.9 Å². The van der Waals surface area contributed by atoms with Crippen LogP contribution in [0.25, 0.3) is 6.08 Å². The summed E-state index contributed by atoms with van der Waals surface area (Å²) in [6.07, 6.45) is 4.18. The molecule has 0 atom stereocenters. The Hall–Kier alpha value is -2.09. The molecule has 2 aromatic rings. The molecule has 6 heteroatoms. The lowest BCUT2D eigenvalue weighted by atomic mass is 10.3. The van der Waals surface area contributed by atoms with Crippen LogP contribution in [0.15, 0.2) is 53.2 Å². The Kier molecular flexibility index (Phi) is 5.56. The summed E-state index contributed by atoms with van der Waals surface area (Å²) in [5.41, 5.74) is 0.655. The minimum absolute atomic E-state index is 0.340. The smallest absolute Gasteiger partial charge is 0.331 e. The fraction of sp³-hybridized carbons (Fsp3) is 0.0667. The standard InChI is InChI=1S/C15H12INO4/c16-11-3-5-12(6-4-11)17-14(18)10-21-15(19)8-7-13-2-1-9-20-13/h1-9H,10H2,(H,17,18).